The minimum atomic E-state index is -5.45. The minimum absolute atomic E-state index is 0.612. The van der Waals surface area contributed by atoms with E-state index in [4.69, 9.17) is 0 Å². The molecule has 0 saturated heterocycles. The Morgan fingerprint density at radius 2 is 1.50 bits per heavy atom. The maximum Gasteiger partial charge on any atom is 0.575 e. The highest BCUT2D eigenvalue weighted by molar-refractivity contribution is 5.79. The molecule has 1 unspecified atom stereocenters. The van der Waals surface area contributed by atoms with Crippen molar-refractivity contribution in [3.8, 4) is 0 Å². The summed E-state index contributed by atoms with van der Waals surface area (Å²) in [6.45, 7) is 0. The van der Waals surface area contributed by atoms with Gasteiger partial charge < -0.3 is 4.74 Å². The average Bonchev–Trinajstić information content (AvgIpc) is 2.13. The zero-order chi connectivity index (χ0) is 14.0. The monoisotopic (exact) mass is 272 g/mol. The van der Waals surface area contributed by atoms with Gasteiger partial charge in [0.2, 0.25) is 0 Å². The largest absolute Gasteiger partial charge is 0.575 e. The molecule has 0 aliphatic carbocycles. The Bertz CT molecular complexity index is 409. The number of benzene rings is 1. The zero-order valence-electron chi connectivity index (χ0n) is 8.55. The molecule has 0 fully saturated rings. The molecule has 2 nitrogen and oxygen atoms in total. The first kappa shape index (κ1) is 14.3. The molecule has 0 N–H and O–H groups in total. The third-order valence-electron chi connectivity index (χ3n) is 1.91. The van der Waals surface area contributed by atoms with Crippen molar-refractivity contribution in [3.63, 3.8) is 0 Å². The van der Waals surface area contributed by atoms with E-state index in [1.165, 1.54) is 18.2 Å². The van der Waals surface area contributed by atoms with Crippen LogP contribution in [0.1, 0.15) is 11.5 Å². The fourth-order valence-electron chi connectivity index (χ4n) is 1.28. The summed E-state index contributed by atoms with van der Waals surface area (Å²) in [6, 6.07) is 5.52. The normalized spacial score (nSPS) is 14.1. The van der Waals surface area contributed by atoms with E-state index in [9.17, 15) is 31.1 Å². The summed E-state index contributed by atoms with van der Waals surface area (Å²) in [5.74, 6) is -5.36. The first-order valence-corrected chi connectivity index (χ1v) is 4.52. The predicted molar refractivity (Wildman–Crippen MR) is 47.4 cm³/mol. The summed E-state index contributed by atoms with van der Waals surface area (Å²) in [4.78, 5) is 10.9. The third-order valence-corrected chi connectivity index (χ3v) is 1.91. The Morgan fingerprint density at radius 3 is 1.89 bits per heavy atom. The van der Waals surface area contributed by atoms with E-state index in [-0.39, 0.29) is 0 Å². The molecule has 18 heavy (non-hydrogen) atoms. The van der Waals surface area contributed by atoms with Gasteiger partial charge in [0.25, 0.3) is 0 Å². The van der Waals surface area contributed by atoms with Gasteiger partial charge in [-0.3, -0.25) is 4.79 Å². The van der Waals surface area contributed by atoms with Crippen LogP contribution >= 0.6 is 0 Å². The van der Waals surface area contributed by atoms with E-state index in [0.717, 1.165) is 12.1 Å². The predicted octanol–water partition coefficient (Wildman–Crippen LogP) is 3.40. The average molecular weight is 272 g/mol. The molecule has 0 aliphatic rings. The highest BCUT2D eigenvalue weighted by Crippen LogP contribution is 2.37. The van der Waals surface area contributed by atoms with Gasteiger partial charge in [-0.15, -0.1) is 13.2 Å². The second-order valence-electron chi connectivity index (χ2n) is 3.25. The molecule has 0 radical (unpaired) electrons. The first-order valence-electron chi connectivity index (χ1n) is 4.52. The highest BCUT2D eigenvalue weighted by atomic mass is 19.4. The number of esters is 1. The topological polar surface area (TPSA) is 26.3 Å². The number of halogens is 6. The quantitative estimate of drug-likeness (QED) is 0.609. The molecule has 0 aromatic heterocycles. The van der Waals surface area contributed by atoms with Gasteiger partial charge in [-0.05, 0) is 5.56 Å². The summed E-state index contributed by atoms with van der Waals surface area (Å²) in [7, 11) is 0. The minimum Gasteiger partial charge on any atom is -0.372 e. The lowest BCUT2D eigenvalue weighted by atomic mass is 9.99. The Kier molecular flexibility index (Phi) is 3.88. The number of ether oxygens (including phenoxy) is 1. The molecule has 1 aromatic carbocycles. The van der Waals surface area contributed by atoms with Crippen LogP contribution in [0.25, 0.3) is 0 Å². The number of rotatable bonds is 2. The number of hydrogen-bond acceptors (Lipinski definition) is 2. The van der Waals surface area contributed by atoms with E-state index in [0.29, 0.717) is 0 Å². The van der Waals surface area contributed by atoms with Crippen molar-refractivity contribution in [1.82, 2.24) is 0 Å². The maximum atomic E-state index is 12.6. The molecule has 0 saturated carbocycles. The lowest BCUT2D eigenvalue weighted by molar-refractivity contribution is -0.310. The van der Waals surface area contributed by atoms with Gasteiger partial charge in [-0.2, -0.15) is 13.2 Å². The standard InChI is InChI=1S/C10H6F6O2/c11-9(12,13)7(6-4-2-1-3-5-6)8(17)18-10(14,15)16/h1-5,7H. The number of carbonyl (C=O) groups is 1. The number of alkyl halides is 6. The second kappa shape index (κ2) is 4.87. The van der Waals surface area contributed by atoms with Crippen LogP contribution in [0, 0.1) is 0 Å². The first-order chi connectivity index (χ1) is 8.11. The maximum absolute atomic E-state index is 12.6. The van der Waals surface area contributed by atoms with Gasteiger partial charge in [0.1, 0.15) is 0 Å². The van der Waals surface area contributed by atoms with Crippen molar-refractivity contribution >= 4 is 5.97 Å². The molecule has 0 aliphatic heterocycles. The Balaban J connectivity index is 3.05. The van der Waals surface area contributed by atoms with Crippen LogP contribution < -0.4 is 0 Å². The Morgan fingerprint density at radius 1 is 1.00 bits per heavy atom. The summed E-state index contributed by atoms with van der Waals surface area (Å²) < 4.78 is 75.8. The second-order valence-corrected chi connectivity index (χ2v) is 3.25. The van der Waals surface area contributed by atoms with E-state index < -0.39 is 30.0 Å². The SMILES string of the molecule is O=C(OC(F)(F)F)C(c1ccccc1)C(F)(F)F. The Hall–Kier alpha value is -1.73. The van der Waals surface area contributed by atoms with Gasteiger partial charge in [0.05, 0.1) is 0 Å². The molecule has 1 atom stereocenters. The number of hydrogen-bond donors (Lipinski definition) is 0. The van der Waals surface area contributed by atoms with Crippen LogP contribution in [-0.4, -0.2) is 18.5 Å². The van der Waals surface area contributed by atoms with Crippen LogP contribution in [0.4, 0.5) is 26.3 Å². The third kappa shape index (κ3) is 3.94. The van der Waals surface area contributed by atoms with Gasteiger partial charge in [0, 0.05) is 0 Å². The van der Waals surface area contributed by atoms with Crippen LogP contribution in [0.5, 0.6) is 0 Å². The van der Waals surface area contributed by atoms with Crippen molar-refractivity contribution in [2.45, 2.75) is 18.5 Å². The van der Waals surface area contributed by atoms with Crippen LogP contribution in [0.15, 0.2) is 30.3 Å². The van der Waals surface area contributed by atoms with Gasteiger partial charge in [0.15, 0.2) is 5.92 Å². The van der Waals surface area contributed by atoms with Gasteiger partial charge in [-0.1, -0.05) is 30.3 Å². The lowest BCUT2D eigenvalue weighted by Crippen LogP contribution is -2.33. The van der Waals surface area contributed by atoms with E-state index in [2.05, 4.69) is 4.74 Å². The molecule has 0 spiro atoms. The molecular formula is C10H6F6O2. The fourth-order valence-corrected chi connectivity index (χ4v) is 1.28. The molecule has 1 aromatic rings. The molecule has 100 valence electrons. The molecule has 0 heterocycles. The van der Waals surface area contributed by atoms with Gasteiger partial charge in [-0.25, -0.2) is 0 Å². The van der Waals surface area contributed by atoms with Crippen LogP contribution in [0.3, 0.4) is 0 Å². The summed E-state index contributed by atoms with van der Waals surface area (Å²) in [5.41, 5.74) is -0.612. The molecule has 0 bridgehead atoms. The molecule has 0 amide bonds. The summed E-state index contributed by atoms with van der Waals surface area (Å²) in [5, 5.41) is 0. The van der Waals surface area contributed by atoms with E-state index in [1.54, 1.807) is 0 Å². The van der Waals surface area contributed by atoms with E-state index >= 15 is 0 Å². The summed E-state index contributed by atoms with van der Waals surface area (Å²) in [6.07, 6.45) is -10.6. The van der Waals surface area contributed by atoms with Gasteiger partial charge >= 0.3 is 18.5 Å². The highest BCUT2D eigenvalue weighted by Gasteiger charge is 2.50. The van der Waals surface area contributed by atoms with Crippen molar-refractivity contribution in [2.24, 2.45) is 0 Å². The smallest absolute Gasteiger partial charge is 0.372 e. The van der Waals surface area contributed by atoms with E-state index in [1.807, 2.05) is 0 Å². The van der Waals surface area contributed by atoms with Crippen molar-refractivity contribution in [3.05, 3.63) is 35.9 Å². The number of carbonyl (C=O) groups excluding carboxylic acids is 1. The lowest BCUT2D eigenvalue weighted by Gasteiger charge is -2.19. The van der Waals surface area contributed by atoms with Crippen molar-refractivity contribution in [1.29, 1.82) is 0 Å². The zero-order valence-corrected chi connectivity index (χ0v) is 8.55. The molecular weight excluding hydrogens is 266 g/mol. The van der Waals surface area contributed by atoms with Crippen LogP contribution in [0.2, 0.25) is 0 Å². The Labute approximate surface area is 97.2 Å². The molecule has 8 heteroatoms. The fraction of sp³-hybridized carbons (Fsp3) is 0.300. The van der Waals surface area contributed by atoms with Crippen molar-refractivity contribution < 1.29 is 35.9 Å². The van der Waals surface area contributed by atoms with Crippen molar-refractivity contribution in [2.75, 3.05) is 0 Å². The summed E-state index contributed by atoms with van der Waals surface area (Å²) >= 11 is 0. The van der Waals surface area contributed by atoms with Crippen LogP contribution in [-0.2, 0) is 9.53 Å². The molecule has 1 rings (SSSR count).